The molecule has 0 heterocycles. The minimum absolute atomic E-state index is 0.0538. The van der Waals surface area contributed by atoms with E-state index in [9.17, 15) is 13.2 Å². The lowest BCUT2D eigenvalue weighted by atomic mass is 10.1. The van der Waals surface area contributed by atoms with E-state index in [1.54, 1.807) is 42.5 Å². The molecule has 0 fully saturated rings. The van der Waals surface area contributed by atoms with Gasteiger partial charge in [0, 0.05) is 5.56 Å². The third kappa shape index (κ3) is 3.90. The number of carbonyl (C=O) groups excluding carboxylic acids is 1. The summed E-state index contributed by atoms with van der Waals surface area (Å²) in [7, 11) is -3.85. The van der Waals surface area contributed by atoms with Gasteiger partial charge >= 0.3 is 0 Å². The number of rotatable bonds is 5. The van der Waals surface area contributed by atoms with Gasteiger partial charge in [0.25, 0.3) is 15.9 Å². The Bertz CT molecular complexity index is 710. The van der Waals surface area contributed by atoms with Gasteiger partial charge in [0.15, 0.2) is 0 Å². The van der Waals surface area contributed by atoms with E-state index in [4.69, 9.17) is 5.73 Å². The van der Waals surface area contributed by atoms with Crippen LogP contribution in [-0.4, -0.2) is 20.9 Å². The van der Waals surface area contributed by atoms with Gasteiger partial charge in [-0.15, -0.1) is 0 Å². The monoisotopic (exact) mass is 304 g/mol. The quantitative estimate of drug-likeness (QED) is 0.871. The van der Waals surface area contributed by atoms with Crippen LogP contribution in [0.1, 0.15) is 15.9 Å². The molecule has 0 aliphatic rings. The molecule has 0 aromatic heterocycles. The van der Waals surface area contributed by atoms with Gasteiger partial charge in [-0.3, -0.25) is 4.79 Å². The minimum Gasteiger partial charge on any atom is -0.330 e. The molecule has 0 aliphatic carbocycles. The van der Waals surface area contributed by atoms with Crippen LogP contribution >= 0.6 is 0 Å². The van der Waals surface area contributed by atoms with E-state index in [1.165, 1.54) is 12.1 Å². The summed E-state index contributed by atoms with van der Waals surface area (Å²) in [5, 5.41) is 0. The third-order valence-corrected chi connectivity index (χ3v) is 4.28. The molecule has 0 aliphatic heterocycles. The van der Waals surface area contributed by atoms with Gasteiger partial charge in [-0.25, -0.2) is 13.1 Å². The largest absolute Gasteiger partial charge is 0.330 e. The molecule has 2 rings (SSSR count). The van der Waals surface area contributed by atoms with Crippen molar-refractivity contribution in [2.24, 2.45) is 5.73 Å². The summed E-state index contributed by atoms with van der Waals surface area (Å²) in [6, 6.07) is 14.5. The van der Waals surface area contributed by atoms with Gasteiger partial charge in [0.05, 0.1) is 4.90 Å². The highest BCUT2D eigenvalue weighted by molar-refractivity contribution is 7.90. The molecule has 2 aromatic carbocycles. The number of benzene rings is 2. The number of carbonyl (C=O) groups is 1. The highest BCUT2D eigenvalue weighted by Crippen LogP contribution is 2.10. The van der Waals surface area contributed by atoms with Gasteiger partial charge in [-0.1, -0.05) is 30.3 Å². The number of amides is 1. The van der Waals surface area contributed by atoms with Crippen LogP contribution in [-0.2, 0) is 16.4 Å². The van der Waals surface area contributed by atoms with Gasteiger partial charge in [-0.05, 0) is 42.8 Å². The average molecular weight is 304 g/mol. The van der Waals surface area contributed by atoms with E-state index in [-0.39, 0.29) is 10.5 Å². The normalized spacial score (nSPS) is 11.1. The topological polar surface area (TPSA) is 89.3 Å². The summed E-state index contributed by atoms with van der Waals surface area (Å²) in [5.41, 5.74) is 6.73. The van der Waals surface area contributed by atoms with E-state index in [0.717, 1.165) is 5.56 Å². The number of nitrogens with two attached hydrogens (primary N) is 1. The van der Waals surface area contributed by atoms with Crippen molar-refractivity contribution in [1.82, 2.24) is 4.72 Å². The first-order valence-corrected chi connectivity index (χ1v) is 7.92. The highest BCUT2D eigenvalue weighted by atomic mass is 32.2. The Morgan fingerprint density at radius 3 is 2.19 bits per heavy atom. The zero-order valence-corrected chi connectivity index (χ0v) is 12.1. The van der Waals surface area contributed by atoms with E-state index >= 15 is 0 Å². The smallest absolute Gasteiger partial charge is 0.264 e. The third-order valence-electron chi connectivity index (χ3n) is 2.93. The van der Waals surface area contributed by atoms with Gasteiger partial charge < -0.3 is 5.73 Å². The fourth-order valence-corrected chi connectivity index (χ4v) is 2.82. The number of hydrogen-bond donors (Lipinski definition) is 2. The fourth-order valence-electron chi connectivity index (χ4n) is 1.83. The van der Waals surface area contributed by atoms with Crippen LogP contribution in [0.15, 0.2) is 59.5 Å². The van der Waals surface area contributed by atoms with Crippen molar-refractivity contribution in [3.05, 3.63) is 65.7 Å². The van der Waals surface area contributed by atoms with Crippen molar-refractivity contribution >= 4 is 15.9 Å². The van der Waals surface area contributed by atoms with E-state index in [2.05, 4.69) is 0 Å². The molecule has 0 radical (unpaired) electrons. The van der Waals surface area contributed by atoms with Crippen molar-refractivity contribution in [3.8, 4) is 0 Å². The molecule has 0 spiro atoms. The van der Waals surface area contributed by atoms with Gasteiger partial charge in [0.2, 0.25) is 0 Å². The lowest BCUT2D eigenvalue weighted by molar-refractivity contribution is 0.0981. The van der Waals surface area contributed by atoms with Crippen molar-refractivity contribution in [2.75, 3.05) is 6.54 Å². The molecule has 21 heavy (non-hydrogen) atoms. The molecule has 1 amide bonds. The summed E-state index contributed by atoms with van der Waals surface area (Å²) >= 11 is 0. The molecular weight excluding hydrogens is 288 g/mol. The molecule has 0 saturated heterocycles. The Morgan fingerprint density at radius 1 is 1.00 bits per heavy atom. The predicted molar refractivity (Wildman–Crippen MR) is 80.3 cm³/mol. The zero-order valence-electron chi connectivity index (χ0n) is 11.3. The maximum Gasteiger partial charge on any atom is 0.264 e. The maximum absolute atomic E-state index is 12.0. The first-order chi connectivity index (χ1) is 10.0. The molecule has 0 saturated carbocycles. The molecule has 0 unspecified atom stereocenters. The summed E-state index contributed by atoms with van der Waals surface area (Å²) in [5.74, 6) is -0.654. The predicted octanol–water partition coefficient (Wildman–Crippen LogP) is 1.31. The Labute approximate surface area is 123 Å². The van der Waals surface area contributed by atoms with Crippen molar-refractivity contribution in [3.63, 3.8) is 0 Å². The molecule has 2 aromatic rings. The first-order valence-electron chi connectivity index (χ1n) is 6.44. The number of nitrogens with one attached hydrogen (secondary N) is 1. The summed E-state index contributed by atoms with van der Waals surface area (Å²) in [4.78, 5) is 12.0. The van der Waals surface area contributed by atoms with Crippen LogP contribution in [0.2, 0.25) is 0 Å². The van der Waals surface area contributed by atoms with E-state index in [1.807, 2.05) is 4.72 Å². The molecular formula is C15H16N2O3S. The standard InChI is InChI=1S/C15H16N2O3S/c16-11-10-12-6-8-13(9-7-12)15(18)17-21(19,20)14-4-2-1-3-5-14/h1-9H,10-11,16H2,(H,17,18). The highest BCUT2D eigenvalue weighted by Gasteiger charge is 2.18. The Balaban J connectivity index is 2.14. The van der Waals surface area contributed by atoms with Crippen LogP contribution in [0, 0.1) is 0 Å². The second-order valence-electron chi connectivity index (χ2n) is 4.48. The zero-order chi connectivity index (χ0) is 15.3. The van der Waals surface area contributed by atoms with Crippen molar-refractivity contribution in [2.45, 2.75) is 11.3 Å². The number of hydrogen-bond acceptors (Lipinski definition) is 4. The van der Waals surface area contributed by atoms with Crippen molar-refractivity contribution in [1.29, 1.82) is 0 Å². The van der Waals surface area contributed by atoms with E-state index in [0.29, 0.717) is 13.0 Å². The minimum atomic E-state index is -3.85. The lowest BCUT2D eigenvalue weighted by Gasteiger charge is -2.07. The summed E-state index contributed by atoms with van der Waals surface area (Å²) in [6.07, 6.45) is 0.713. The Morgan fingerprint density at radius 2 is 1.62 bits per heavy atom. The molecule has 3 N–H and O–H groups in total. The number of sulfonamides is 1. The Kier molecular flexibility index (Phi) is 4.72. The molecule has 5 nitrogen and oxygen atoms in total. The first kappa shape index (κ1) is 15.2. The SMILES string of the molecule is NCCc1ccc(C(=O)NS(=O)(=O)c2ccccc2)cc1. The van der Waals surface area contributed by atoms with Crippen LogP contribution in [0.3, 0.4) is 0 Å². The second kappa shape index (κ2) is 6.51. The van der Waals surface area contributed by atoms with Crippen LogP contribution in [0.5, 0.6) is 0 Å². The van der Waals surface area contributed by atoms with Gasteiger partial charge in [-0.2, -0.15) is 0 Å². The summed E-state index contributed by atoms with van der Waals surface area (Å²) in [6.45, 7) is 0.522. The van der Waals surface area contributed by atoms with Crippen LogP contribution in [0.25, 0.3) is 0 Å². The maximum atomic E-state index is 12.0. The molecule has 6 heteroatoms. The summed E-state index contributed by atoms with van der Waals surface area (Å²) < 4.78 is 26.1. The average Bonchev–Trinajstić information content (AvgIpc) is 2.49. The lowest BCUT2D eigenvalue weighted by Crippen LogP contribution is -2.30. The molecule has 0 bridgehead atoms. The molecule has 110 valence electrons. The van der Waals surface area contributed by atoms with Gasteiger partial charge in [0.1, 0.15) is 0 Å². The molecule has 0 atom stereocenters. The Hall–Kier alpha value is -2.18. The second-order valence-corrected chi connectivity index (χ2v) is 6.17. The fraction of sp³-hybridized carbons (Fsp3) is 0.133. The van der Waals surface area contributed by atoms with Crippen LogP contribution in [0.4, 0.5) is 0 Å². The van der Waals surface area contributed by atoms with Crippen LogP contribution < -0.4 is 10.5 Å². The van der Waals surface area contributed by atoms with Crippen molar-refractivity contribution < 1.29 is 13.2 Å². The van der Waals surface area contributed by atoms with E-state index < -0.39 is 15.9 Å².